The van der Waals surface area contributed by atoms with Crippen LogP contribution in [-0.4, -0.2) is 75.7 Å². The number of allylic oxidation sites excluding steroid dienone is 3. The van der Waals surface area contributed by atoms with Crippen LogP contribution in [0.3, 0.4) is 0 Å². The Morgan fingerprint density at radius 2 is 1.63 bits per heavy atom. The fourth-order valence-corrected chi connectivity index (χ4v) is 5.46. The van der Waals surface area contributed by atoms with E-state index in [2.05, 4.69) is 25.2 Å². The number of ether oxygens (including phenoxy) is 1. The summed E-state index contributed by atoms with van der Waals surface area (Å²) in [6, 6.07) is 0. The minimum atomic E-state index is -1.21. The number of β-amino-alcohol motifs (C(OH)–C–C–N with tert-alkyl or cyclic N) is 1. The molecular weight excluding hydrogens is 550 g/mol. The Bertz CT molecular complexity index is 872. The summed E-state index contributed by atoms with van der Waals surface area (Å²) < 4.78 is 5.57. The van der Waals surface area contributed by atoms with Gasteiger partial charge in [-0.2, -0.15) is 0 Å². The van der Waals surface area contributed by atoms with Gasteiger partial charge in [0.05, 0.1) is 30.8 Å². The number of ketones is 1. The number of carbonyl (C=O) groups excluding carboxylic acids is 3. The van der Waals surface area contributed by atoms with Gasteiger partial charge in [0.25, 0.3) is 5.91 Å². The number of Topliss-reactive ketones (excluding diaryl/α,β-unsaturated/α-hetero) is 1. The average molecular weight is 610 g/mol. The fraction of sp³-hybridized carbons (Fsp3) is 0.794. The molecule has 248 valence electrons. The quantitative estimate of drug-likeness (QED) is 0.291. The van der Waals surface area contributed by atoms with Crippen molar-refractivity contribution >= 4 is 17.7 Å². The summed E-state index contributed by atoms with van der Waals surface area (Å²) in [5.41, 5.74) is 0.716. The largest absolute Gasteiger partial charge is 0.452 e. The van der Waals surface area contributed by atoms with Crippen LogP contribution < -0.4 is 5.32 Å². The van der Waals surface area contributed by atoms with Crippen molar-refractivity contribution in [2.75, 3.05) is 13.2 Å². The summed E-state index contributed by atoms with van der Waals surface area (Å²) >= 11 is 0. The molecule has 0 aromatic carbocycles. The van der Waals surface area contributed by atoms with Gasteiger partial charge in [0, 0.05) is 25.8 Å². The van der Waals surface area contributed by atoms with Gasteiger partial charge in [0.15, 0.2) is 6.10 Å². The van der Waals surface area contributed by atoms with E-state index in [1.807, 2.05) is 19.1 Å². The molecule has 5 N–H and O–H groups in total. The van der Waals surface area contributed by atoms with Gasteiger partial charge in [-0.1, -0.05) is 65.2 Å². The van der Waals surface area contributed by atoms with Crippen LogP contribution in [0.4, 0.5) is 0 Å². The number of nitrogens with one attached hydrogen (secondary N) is 1. The monoisotopic (exact) mass is 609 g/mol. The molecule has 1 heterocycles. The molecule has 1 amide bonds. The maximum Gasteiger partial charge on any atom is 0.309 e. The molecule has 0 spiro atoms. The summed E-state index contributed by atoms with van der Waals surface area (Å²) in [6.07, 6.45) is 9.97. The molecule has 0 unspecified atom stereocenters. The lowest BCUT2D eigenvalue weighted by atomic mass is 9.92. The Labute approximate surface area is 259 Å². The molecule has 9 heteroatoms. The van der Waals surface area contributed by atoms with E-state index < -0.39 is 36.3 Å². The van der Waals surface area contributed by atoms with E-state index in [4.69, 9.17) is 4.74 Å². The highest BCUT2D eigenvalue weighted by Gasteiger charge is 2.27. The number of aliphatic hydroxyl groups excluding tert-OH is 4. The van der Waals surface area contributed by atoms with Gasteiger partial charge < -0.3 is 30.5 Å². The highest BCUT2D eigenvalue weighted by molar-refractivity contribution is 5.84. The first-order valence-electron chi connectivity index (χ1n) is 16.5. The highest BCUT2D eigenvalue weighted by atomic mass is 16.5. The lowest BCUT2D eigenvalue weighted by Gasteiger charge is -2.23. The Morgan fingerprint density at radius 3 is 2.30 bits per heavy atom. The molecule has 0 aromatic rings. The molecule has 9 nitrogen and oxygen atoms in total. The van der Waals surface area contributed by atoms with E-state index in [-0.39, 0.29) is 43.6 Å². The van der Waals surface area contributed by atoms with Crippen LogP contribution in [0.2, 0.25) is 0 Å². The Hall–Kier alpha value is -2.07. The van der Waals surface area contributed by atoms with Crippen molar-refractivity contribution in [1.82, 2.24) is 5.32 Å². The van der Waals surface area contributed by atoms with E-state index in [0.29, 0.717) is 50.0 Å². The summed E-state index contributed by atoms with van der Waals surface area (Å²) in [5, 5.41) is 43.6. The first kappa shape index (κ1) is 39.0. The van der Waals surface area contributed by atoms with Crippen molar-refractivity contribution in [2.45, 2.75) is 142 Å². The molecule has 7 atom stereocenters. The zero-order valence-electron chi connectivity index (χ0n) is 27.0. The first-order chi connectivity index (χ1) is 20.5. The third kappa shape index (κ3) is 17.1. The van der Waals surface area contributed by atoms with E-state index in [0.717, 1.165) is 38.5 Å². The smallest absolute Gasteiger partial charge is 0.309 e. The van der Waals surface area contributed by atoms with E-state index in [9.17, 15) is 34.8 Å². The second-order valence-electron chi connectivity index (χ2n) is 12.5. The van der Waals surface area contributed by atoms with E-state index >= 15 is 0 Å². The van der Waals surface area contributed by atoms with Crippen LogP contribution in [0.25, 0.3) is 0 Å². The third-order valence-electron chi connectivity index (χ3n) is 8.37. The number of rotatable bonds is 4. The Morgan fingerprint density at radius 1 is 0.907 bits per heavy atom. The Kier molecular flexibility index (Phi) is 20.3. The van der Waals surface area contributed by atoms with Crippen molar-refractivity contribution in [1.29, 1.82) is 0 Å². The molecule has 1 aliphatic rings. The summed E-state index contributed by atoms with van der Waals surface area (Å²) in [6.45, 7) is 7.56. The first-order valence-corrected chi connectivity index (χ1v) is 16.5. The predicted octanol–water partition coefficient (Wildman–Crippen LogP) is 4.54. The third-order valence-corrected chi connectivity index (χ3v) is 8.37. The maximum atomic E-state index is 12.8. The van der Waals surface area contributed by atoms with Gasteiger partial charge in [0.2, 0.25) is 0 Å². The Balaban J connectivity index is 2.92. The molecule has 1 aliphatic heterocycles. The van der Waals surface area contributed by atoms with Gasteiger partial charge in [-0.3, -0.25) is 14.4 Å². The minimum absolute atomic E-state index is 0.145. The highest BCUT2D eigenvalue weighted by Crippen LogP contribution is 2.22. The van der Waals surface area contributed by atoms with Crippen molar-refractivity contribution in [3.8, 4) is 0 Å². The summed E-state index contributed by atoms with van der Waals surface area (Å²) in [7, 11) is 0. The van der Waals surface area contributed by atoms with Crippen molar-refractivity contribution in [3.63, 3.8) is 0 Å². The fourth-order valence-electron chi connectivity index (χ4n) is 5.46. The van der Waals surface area contributed by atoms with Crippen LogP contribution in [0, 0.1) is 17.8 Å². The topological polar surface area (TPSA) is 153 Å². The van der Waals surface area contributed by atoms with Crippen LogP contribution >= 0.6 is 0 Å². The van der Waals surface area contributed by atoms with Gasteiger partial charge in [-0.15, -0.1) is 0 Å². The molecule has 43 heavy (non-hydrogen) atoms. The average Bonchev–Trinajstić information content (AvgIpc) is 2.97. The van der Waals surface area contributed by atoms with Crippen LogP contribution in [0.1, 0.15) is 118 Å². The molecule has 1 rings (SSSR count). The number of hydrogen-bond acceptors (Lipinski definition) is 8. The standard InChI is InChI=1S/C34H59NO8/c1-5-11-32-33(41)35-22-29(38)21-31(40)30(39)19-18-27(23-36)15-9-13-26(6-2)14-10-17-28(37)16-8-7-12-24(3)20-25(4)34(42)43-32/h9,13,15,24-26,29-32,36,38-40H,5-8,10-12,14,16-23H2,1-4H3,(H,35,41)/b13-9+,27-15-/t24-,25+,26+,29+,30-,31+,32+/m1/s1. The number of aliphatic hydroxyl groups is 4. The van der Waals surface area contributed by atoms with Crippen LogP contribution in [-0.2, 0) is 19.1 Å². The van der Waals surface area contributed by atoms with Crippen LogP contribution in [0.5, 0.6) is 0 Å². The van der Waals surface area contributed by atoms with Gasteiger partial charge >= 0.3 is 5.97 Å². The zero-order valence-corrected chi connectivity index (χ0v) is 27.0. The molecule has 0 aromatic heterocycles. The maximum absolute atomic E-state index is 12.8. The number of amides is 1. The minimum Gasteiger partial charge on any atom is -0.452 e. The normalized spacial score (nSPS) is 33.3. The molecule has 0 radical (unpaired) electrons. The van der Waals surface area contributed by atoms with Gasteiger partial charge in [-0.25, -0.2) is 0 Å². The summed E-state index contributed by atoms with van der Waals surface area (Å²) in [5.74, 6) is -0.417. The number of esters is 1. The van der Waals surface area contributed by atoms with Crippen LogP contribution in [0.15, 0.2) is 23.8 Å². The molecular formula is C34H59NO8. The SMILES string of the molecule is CCC[C@@H]1OC(=O)[C@@H](C)C[C@H](C)CCCCC(=O)CCC[C@@H](CC)/C=C/C=C(\CO)CC[C@@H](O)[C@@H](O)C[C@H](O)CNC1=O. The van der Waals surface area contributed by atoms with Crippen molar-refractivity contribution < 1.29 is 39.5 Å². The second kappa shape index (κ2) is 22.4. The summed E-state index contributed by atoms with van der Waals surface area (Å²) in [4.78, 5) is 38.0. The van der Waals surface area contributed by atoms with Gasteiger partial charge in [0.1, 0.15) is 5.78 Å². The zero-order chi connectivity index (χ0) is 32.2. The molecule has 0 saturated heterocycles. The van der Waals surface area contributed by atoms with Crippen molar-refractivity contribution in [3.05, 3.63) is 23.8 Å². The van der Waals surface area contributed by atoms with E-state index in [1.54, 1.807) is 6.92 Å². The molecule has 0 fully saturated rings. The van der Waals surface area contributed by atoms with E-state index in [1.165, 1.54) is 0 Å². The molecule has 0 saturated carbocycles. The number of cyclic esters (lactones) is 1. The number of carbonyl (C=O) groups is 3. The predicted molar refractivity (Wildman–Crippen MR) is 168 cm³/mol. The lowest BCUT2D eigenvalue weighted by molar-refractivity contribution is -0.160. The molecule has 0 aliphatic carbocycles. The van der Waals surface area contributed by atoms with Crippen molar-refractivity contribution in [2.24, 2.45) is 17.8 Å². The lowest BCUT2D eigenvalue weighted by Crippen LogP contribution is -2.43. The second-order valence-corrected chi connectivity index (χ2v) is 12.5. The van der Waals surface area contributed by atoms with Gasteiger partial charge in [-0.05, 0) is 68.8 Å². The molecule has 0 bridgehead atoms. The number of hydrogen-bond donors (Lipinski definition) is 5.